The number of ether oxygens (including phenoxy) is 1. The van der Waals surface area contributed by atoms with E-state index in [0.717, 1.165) is 26.1 Å². The van der Waals surface area contributed by atoms with Gasteiger partial charge in [0.25, 0.3) is 0 Å². The molecule has 2 aliphatic rings. The van der Waals surface area contributed by atoms with Crippen molar-refractivity contribution in [3.63, 3.8) is 0 Å². The first-order valence-corrected chi connectivity index (χ1v) is 7.58. The van der Waals surface area contributed by atoms with Gasteiger partial charge in [-0.2, -0.15) is 0 Å². The Balaban J connectivity index is 1.87. The zero-order chi connectivity index (χ0) is 13.9. The molecule has 2 saturated heterocycles. The molecular formula is C15H28N2O2. The van der Waals surface area contributed by atoms with Crippen molar-refractivity contribution in [1.29, 1.82) is 0 Å². The normalized spacial score (nSPS) is 28.7. The van der Waals surface area contributed by atoms with Crippen LogP contribution in [0.3, 0.4) is 0 Å². The second kappa shape index (κ2) is 6.23. The Morgan fingerprint density at radius 1 is 1.37 bits per heavy atom. The zero-order valence-electron chi connectivity index (χ0n) is 12.6. The number of carbonyl (C=O) groups is 1. The van der Waals surface area contributed by atoms with E-state index in [1.54, 1.807) is 7.11 Å². The summed E-state index contributed by atoms with van der Waals surface area (Å²) in [7, 11) is 1.68. The Bertz CT molecular complexity index is 311. The summed E-state index contributed by atoms with van der Waals surface area (Å²) in [6.07, 6.45) is 5.44. The maximum atomic E-state index is 12.4. The molecule has 0 saturated carbocycles. The van der Waals surface area contributed by atoms with Gasteiger partial charge in [-0.05, 0) is 52.0 Å². The number of hydrogen-bond acceptors (Lipinski definition) is 3. The van der Waals surface area contributed by atoms with Crippen molar-refractivity contribution in [2.75, 3.05) is 26.7 Å². The minimum atomic E-state index is -0.352. The van der Waals surface area contributed by atoms with Gasteiger partial charge < -0.3 is 15.0 Å². The first-order chi connectivity index (χ1) is 9.02. The lowest BCUT2D eigenvalue weighted by molar-refractivity contribution is -0.138. The van der Waals surface area contributed by atoms with Gasteiger partial charge in [-0.1, -0.05) is 0 Å². The molecular weight excluding hydrogens is 240 g/mol. The van der Waals surface area contributed by atoms with Crippen LogP contribution in [0.2, 0.25) is 0 Å². The smallest absolute Gasteiger partial charge is 0.225 e. The predicted molar refractivity (Wildman–Crippen MR) is 76.0 cm³/mol. The van der Waals surface area contributed by atoms with E-state index in [4.69, 9.17) is 4.74 Å². The minimum Gasteiger partial charge on any atom is -0.378 e. The van der Waals surface area contributed by atoms with Crippen molar-refractivity contribution in [3.05, 3.63) is 0 Å². The lowest BCUT2D eigenvalue weighted by atomic mass is 9.89. The van der Waals surface area contributed by atoms with E-state index < -0.39 is 0 Å². The lowest BCUT2D eigenvalue weighted by Crippen LogP contribution is -2.47. The third-order valence-electron chi connectivity index (χ3n) is 4.61. The highest BCUT2D eigenvalue weighted by Crippen LogP contribution is 2.26. The van der Waals surface area contributed by atoms with Crippen molar-refractivity contribution in [1.82, 2.24) is 10.2 Å². The van der Waals surface area contributed by atoms with Crippen LogP contribution in [0.5, 0.6) is 0 Å². The number of likely N-dealkylation sites (tertiary alicyclic amines) is 1. The third kappa shape index (κ3) is 3.93. The molecule has 1 amide bonds. The van der Waals surface area contributed by atoms with Crippen LogP contribution in [-0.4, -0.2) is 49.2 Å². The Hall–Kier alpha value is -0.610. The van der Waals surface area contributed by atoms with Crippen molar-refractivity contribution < 1.29 is 9.53 Å². The number of nitrogens with zero attached hydrogens (tertiary/aromatic N) is 1. The quantitative estimate of drug-likeness (QED) is 0.845. The van der Waals surface area contributed by atoms with E-state index in [-0.39, 0.29) is 11.5 Å². The molecule has 2 rings (SSSR count). The molecule has 2 fully saturated rings. The van der Waals surface area contributed by atoms with Crippen LogP contribution < -0.4 is 5.32 Å². The Morgan fingerprint density at radius 2 is 2.16 bits per heavy atom. The molecule has 4 nitrogen and oxygen atoms in total. The summed E-state index contributed by atoms with van der Waals surface area (Å²) in [6.45, 7) is 6.94. The molecule has 2 aliphatic heterocycles. The third-order valence-corrected chi connectivity index (χ3v) is 4.61. The van der Waals surface area contributed by atoms with E-state index in [2.05, 4.69) is 10.2 Å². The zero-order valence-corrected chi connectivity index (χ0v) is 12.6. The first-order valence-electron chi connectivity index (χ1n) is 7.58. The Kier molecular flexibility index (Phi) is 4.85. The van der Waals surface area contributed by atoms with Gasteiger partial charge in [0.15, 0.2) is 0 Å². The van der Waals surface area contributed by atoms with Crippen LogP contribution in [-0.2, 0) is 9.53 Å². The van der Waals surface area contributed by atoms with Gasteiger partial charge in [0, 0.05) is 26.2 Å². The predicted octanol–water partition coefficient (Wildman–Crippen LogP) is 1.79. The number of piperidine rings is 1. The molecule has 2 heterocycles. The summed E-state index contributed by atoms with van der Waals surface area (Å²) in [5.41, 5.74) is -0.352. The molecule has 0 aromatic heterocycles. The van der Waals surface area contributed by atoms with E-state index >= 15 is 0 Å². The summed E-state index contributed by atoms with van der Waals surface area (Å²) >= 11 is 0. The van der Waals surface area contributed by atoms with Crippen molar-refractivity contribution in [3.8, 4) is 0 Å². The number of amides is 1. The molecule has 110 valence electrons. The van der Waals surface area contributed by atoms with Crippen LogP contribution in [0, 0.1) is 5.92 Å². The fourth-order valence-corrected chi connectivity index (χ4v) is 3.23. The van der Waals surface area contributed by atoms with Crippen molar-refractivity contribution in [2.45, 2.75) is 57.6 Å². The van der Waals surface area contributed by atoms with Gasteiger partial charge >= 0.3 is 0 Å². The Labute approximate surface area is 116 Å². The number of carbonyl (C=O) groups excluding carboxylic acids is 1. The van der Waals surface area contributed by atoms with Crippen molar-refractivity contribution >= 4 is 5.91 Å². The summed E-state index contributed by atoms with van der Waals surface area (Å²) in [6, 6.07) is 0.631. The van der Waals surface area contributed by atoms with Gasteiger partial charge in [0.2, 0.25) is 5.91 Å². The van der Waals surface area contributed by atoms with Crippen LogP contribution in [0.1, 0.15) is 46.0 Å². The van der Waals surface area contributed by atoms with Crippen LogP contribution in [0.25, 0.3) is 0 Å². The van der Waals surface area contributed by atoms with Gasteiger partial charge in [0.05, 0.1) is 12.0 Å². The molecule has 0 radical (unpaired) electrons. The SMILES string of the molecule is COC(C)(C)CC(=O)N1CCCC(C2CCCN2)C1. The standard InChI is InChI=1S/C15H28N2O2/c1-15(2,19-3)10-14(18)17-9-5-6-12(11-17)13-7-4-8-16-13/h12-13,16H,4-11H2,1-3H3. The van der Waals surface area contributed by atoms with Crippen LogP contribution in [0.4, 0.5) is 0 Å². The number of hydrogen-bond donors (Lipinski definition) is 1. The topological polar surface area (TPSA) is 41.6 Å². The fourth-order valence-electron chi connectivity index (χ4n) is 3.23. The number of methoxy groups -OCH3 is 1. The highest BCUT2D eigenvalue weighted by Gasteiger charge is 2.32. The molecule has 0 aliphatic carbocycles. The monoisotopic (exact) mass is 268 g/mol. The summed E-state index contributed by atoms with van der Waals surface area (Å²) in [5, 5.41) is 3.58. The molecule has 4 heteroatoms. The van der Waals surface area contributed by atoms with Gasteiger partial charge in [-0.15, -0.1) is 0 Å². The molecule has 0 aromatic rings. The maximum Gasteiger partial charge on any atom is 0.225 e. The van der Waals surface area contributed by atoms with Gasteiger partial charge in [-0.25, -0.2) is 0 Å². The highest BCUT2D eigenvalue weighted by molar-refractivity contribution is 5.77. The van der Waals surface area contributed by atoms with Gasteiger partial charge in [-0.3, -0.25) is 4.79 Å². The molecule has 0 bridgehead atoms. The second-order valence-corrected chi connectivity index (χ2v) is 6.59. The number of rotatable bonds is 4. The number of nitrogens with one attached hydrogen (secondary N) is 1. The second-order valence-electron chi connectivity index (χ2n) is 6.59. The van der Waals surface area contributed by atoms with E-state index in [1.807, 2.05) is 13.8 Å². The largest absolute Gasteiger partial charge is 0.378 e. The van der Waals surface area contributed by atoms with Crippen LogP contribution >= 0.6 is 0 Å². The summed E-state index contributed by atoms with van der Waals surface area (Å²) in [4.78, 5) is 14.4. The van der Waals surface area contributed by atoms with E-state index in [9.17, 15) is 4.79 Å². The fraction of sp³-hybridized carbons (Fsp3) is 0.933. The molecule has 1 N–H and O–H groups in total. The lowest BCUT2D eigenvalue weighted by Gasteiger charge is -2.37. The Morgan fingerprint density at radius 3 is 2.79 bits per heavy atom. The molecule has 2 unspecified atom stereocenters. The average Bonchev–Trinajstić information content (AvgIpc) is 2.92. The molecule has 2 atom stereocenters. The van der Waals surface area contributed by atoms with Crippen molar-refractivity contribution in [2.24, 2.45) is 5.92 Å². The van der Waals surface area contributed by atoms with Crippen LogP contribution in [0.15, 0.2) is 0 Å². The maximum absolute atomic E-state index is 12.4. The molecule has 19 heavy (non-hydrogen) atoms. The van der Waals surface area contributed by atoms with E-state index in [1.165, 1.54) is 19.3 Å². The average molecular weight is 268 g/mol. The molecule has 0 spiro atoms. The summed E-state index contributed by atoms with van der Waals surface area (Å²) in [5.74, 6) is 0.889. The summed E-state index contributed by atoms with van der Waals surface area (Å²) < 4.78 is 5.37. The highest BCUT2D eigenvalue weighted by atomic mass is 16.5. The van der Waals surface area contributed by atoms with E-state index in [0.29, 0.717) is 18.4 Å². The minimum absolute atomic E-state index is 0.245. The first kappa shape index (κ1) is 14.8. The molecule has 0 aromatic carbocycles. The van der Waals surface area contributed by atoms with Gasteiger partial charge in [0.1, 0.15) is 0 Å².